The number of carboxylic acids is 1. The zero-order valence-corrected chi connectivity index (χ0v) is 14.9. The van der Waals surface area contributed by atoms with Gasteiger partial charge in [-0.25, -0.2) is 13.6 Å². The van der Waals surface area contributed by atoms with Crippen LogP contribution >= 0.6 is 0 Å². The Bertz CT molecular complexity index is 1100. The first-order valence-electron chi connectivity index (χ1n) is 9.31. The van der Waals surface area contributed by atoms with Crippen molar-refractivity contribution in [3.05, 3.63) is 33.6 Å². The van der Waals surface area contributed by atoms with Crippen molar-refractivity contribution < 1.29 is 23.8 Å². The van der Waals surface area contributed by atoms with Gasteiger partial charge in [-0.1, -0.05) is 0 Å². The fourth-order valence-electron chi connectivity index (χ4n) is 4.68. The summed E-state index contributed by atoms with van der Waals surface area (Å²) >= 11 is 0. The van der Waals surface area contributed by atoms with Gasteiger partial charge in [0.05, 0.1) is 22.7 Å². The molecular formula is C19H19F2N3O4. The lowest BCUT2D eigenvalue weighted by Gasteiger charge is -2.34. The molecular weight excluding hydrogens is 372 g/mol. The molecule has 2 aliphatic carbocycles. The number of halogens is 2. The van der Waals surface area contributed by atoms with E-state index in [4.69, 9.17) is 5.73 Å². The molecule has 0 spiro atoms. The number of pyridine rings is 1. The number of aliphatic hydroxyl groups is 1. The van der Waals surface area contributed by atoms with Gasteiger partial charge in [-0.3, -0.25) is 4.79 Å². The van der Waals surface area contributed by atoms with Crippen molar-refractivity contribution in [1.82, 2.24) is 4.57 Å². The van der Waals surface area contributed by atoms with Crippen LogP contribution in [0.1, 0.15) is 35.7 Å². The van der Waals surface area contributed by atoms with Gasteiger partial charge in [0, 0.05) is 31.2 Å². The number of hydrogen-bond donors (Lipinski definition) is 3. The van der Waals surface area contributed by atoms with E-state index < -0.39 is 45.8 Å². The summed E-state index contributed by atoms with van der Waals surface area (Å²) in [5.41, 5.74) is 3.38. The minimum atomic E-state index is -1.46. The SMILES string of the molecule is Nc1c(F)c(N2C[C@H]3C[C@@H](O)[C@H]3C2)c(F)c2c1c(=O)c(C(=O)O)cn2C1CC1. The van der Waals surface area contributed by atoms with Crippen molar-refractivity contribution in [2.75, 3.05) is 23.7 Å². The summed E-state index contributed by atoms with van der Waals surface area (Å²) in [4.78, 5) is 25.6. The van der Waals surface area contributed by atoms with Crippen molar-refractivity contribution in [2.24, 2.45) is 11.8 Å². The Morgan fingerprint density at radius 2 is 1.93 bits per heavy atom. The van der Waals surface area contributed by atoms with Crippen LogP contribution in [-0.4, -0.2) is 39.9 Å². The minimum Gasteiger partial charge on any atom is -0.477 e. The third-order valence-corrected chi connectivity index (χ3v) is 6.38. The molecule has 1 aromatic heterocycles. The maximum atomic E-state index is 15.6. The standard InChI is InChI=1S/C19H19F2N3O4/c20-13-15(22)12-16(24(8-1-2-8)6-10(18(12)26)19(27)28)14(21)17(13)23-4-7-3-11(25)9(7)5-23/h6-9,11,25H,1-5,22H2,(H,27,28)/t7-,9+,11-/m1/s1. The number of aliphatic hydroxyl groups excluding tert-OH is 1. The molecule has 3 aliphatic rings. The smallest absolute Gasteiger partial charge is 0.341 e. The first kappa shape index (κ1) is 17.4. The number of fused-ring (bicyclic) bond motifs is 2. The molecule has 9 heteroatoms. The highest BCUT2D eigenvalue weighted by Gasteiger charge is 2.47. The lowest BCUT2D eigenvalue weighted by Crippen LogP contribution is -2.39. The molecule has 1 aromatic carbocycles. The molecule has 0 radical (unpaired) electrons. The van der Waals surface area contributed by atoms with Gasteiger partial charge in [0.1, 0.15) is 11.3 Å². The Morgan fingerprint density at radius 1 is 1.21 bits per heavy atom. The van der Waals surface area contributed by atoms with E-state index in [2.05, 4.69) is 0 Å². The molecule has 3 atom stereocenters. The van der Waals surface area contributed by atoms with Crippen LogP contribution in [0.3, 0.4) is 0 Å². The van der Waals surface area contributed by atoms with Gasteiger partial charge in [0.25, 0.3) is 0 Å². The van der Waals surface area contributed by atoms with Crippen LogP contribution in [0.25, 0.3) is 10.9 Å². The lowest BCUT2D eigenvalue weighted by atomic mass is 9.74. The highest BCUT2D eigenvalue weighted by molar-refractivity contribution is 5.99. The number of nitrogens with zero attached hydrogens (tertiary/aromatic N) is 2. The quantitative estimate of drug-likeness (QED) is 0.688. The number of hydrogen-bond acceptors (Lipinski definition) is 5. The molecule has 1 saturated heterocycles. The topological polar surface area (TPSA) is 109 Å². The van der Waals surface area contributed by atoms with E-state index >= 15 is 8.78 Å². The van der Waals surface area contributed by atoms with Gasteiger partial charge in [-0.05, 0) is 25.2 Å². The monoisotopic (exact) mass is 391 g/mol. The summed E-state index contributed by atoms with van der Waals surface area (Å²) in [7, 11) is 0. The van der Waals surface area contributed by atoms with Crippen LogP contribution in [0.4, 0.5) is 20.2 Å². The van der Waals surface area contributed by atoms with E-state index in [1.807, 2.05) is 0 Å². The Morgan fingerprint density at radius 3 is 2.50 bits per heavy atom. The number of anilines is 2. The maximum absolute atomic E-state index is 15.6. The number of nitrogen functional groups attached to an aromatic ring is 1. The third kappa shape index (κ3) is 2.22. The summed E-state index contributed by atoms with van der Waals surface area (Å²) in [5.74, 6) is -3.28. The molecule has 148 valence electrons. The zero-order valence-electron chi connectivity index (χ0n) is 14.9. The first-order chi connectivity index (χ1) is 13.3. The number of carboxylic acid groups (broad SMARTS) is 1. The van der Waals surface area contributed by atoms with E-state index in [1.165, 1.54) is 4.57 Å². The minimum absolute atomic E-state index is 0.0317. The third-order valence-electron chi connectivity index (χ3n) is 6.38. The van der Waals surface area contributed by atoms with Crippen molar-refractivity contribution in [1.29, 1.82) is 0 Å². The van der Waals surface area contributed by atoms with E-state index in [9.17, 15) is 19.8 Å². The molecule has 1 aliphatic heterocycles. The Kier molecular flexibility index (Phi) is 3.52. The average Bonchev–Trinajstić information content (AvgIpc) is 3.42. The molecule has 28 heavy (non-hydrogen) atoms. The van der Waals surface area contributed by atoms with Crippen LogP contribution in [0, 0.1) is 23.5 Å². The van der Waals surface area contributed by atoms with Crippen molar-refractivity contribution in [2.45, 2.75) is 31.4 Å². The number of carbonyl (C=O) groups is 1. The molecule has 3 fully saturated rings. The fraction of sp³-hybridized carbons (Fsp3) is 0.474. The molecule has 0 amide bonds. The van der Waals surface area contributed by atoms with Gasteiger partial charge >= 0.3 is 5.97 Å². The van der Waals surface area contributed by atoms with E-state index in [-0.39, 0.29) is 29.1 Å². The molecule has 2 saturated carbocycles. The molecule has 2 heterocycles. The predicted octanol–water partition coefficient (Wildman–Crippen LogP) is 1.71. The van der Waals surface area contributed by atoms with E-state index in [0.29, 0.717) is 32.4 Å². The number of rotatable bonds is 3. The number of benzene rings is 1. The summed E-state index contributed by atoms with van der Waals surface area (Å²) < 4.78 is 32.1. The van der Waals surface area contributed by atoms with Crippen LogP contribution < -0.4 is 16.1 Å². The van der Waals surface area contributed by atoms with Gasteiger partial charge in [0.15, 0.2) is 11.6 Å². The number of aromatic carboxylic acids is 1. The van der Waals surface area contributed by atoms with E-state index in [0.717, 1.165) is 6.20 Å². The average molecular weight is 391 g/mol. The Hall–Kier alpha value is -2.68. The van der Waals surface area contributed by atoms with Gasteiger partial charge in [-0.2, -0.15) is 0 Å². The number of nitrogens with two attached hydrogens (primary N) is 1. The van der Waals surface area contributed by atoms with Gasteiger partial charge in [-0.15, -0.1) is 0 Å². The highest BCUT2D eigenvalue weighted by atomic mass is 19.1. The summed E-state index contributed by atoms with van der Waals surface area (Å²) in [5, 5.41) is 18.8. The summed E-state index contributed by atoms with van der Waals surface area (Å²) in [6.07, 6.45) is 2.68. The number of aromatic nitrogens is 1. The van der Waals surface area contributed by atoms with Gasteiger partial charge < -0.3 is 25.4 Å². The molecule has 4 N–H and O–H groups in total. The molecule has 5 rings (SSSR count). The Labute approximate surface area is 158 Å². The zero-order chi connectivity index (χ0) is 19.9. The maximum Gasteiger partial charge on any atom is 0.341 e. The largest absolute Gasteiger partial charge is 0.477 e. The van der Waals surface area contributed by atoms with Crippen LogP contribution in [0.2, 0.25) is 0 Å². The second-order valence-corrected chi connectivity index (χ2v) is 8.06. The fourth-order valence-corrected chi connectivity index (χ4v) is 4.68. The van der Waals surface area contributed by atoms with Crippen molar-refractivity contribution in [3.63, 3.8) is 0 Å². The summed E-state index contributed by atoms with van der Waals surface area (Å²) in [6.45, 7) is 0.715. The molecule has 7 nitrogen and oxygen atoms in total. The summed E-state index contributed by atoms with van der Waals surface area (Å²) in [6, 6.07) is -0.148. The normalized spacial score (nSPS) is 26.4. The van der Waals surface area contributed by atoms with E-state index in [1.54, 1.807) is 4.90 Å². The van der Waals surface area contributed by atoms with Crippen molar-refractivity contribution in [3.8, 4) is 0 Å². The van der Waals surface area contributed by atoms with Gasteiger partial charge in [0.2, 0.25) is 5.43 Å². The predicted molar refractivity (Wildman–Crippen MR) is 97.6 cm³/mol. The molecule has 0 unspecified atom stereocenters. The highest BCUT2D eigenvalue weighted by Crippen LogP contribution is 2.46. The molecule has 2 aromatic rings. The second-order valence-electron chi connectivity index (χ2n) is 8.06. The van der Waals surface area contributed by atoms with Crippen LogP contribution in [0.15, 0.2) is 11.0 Å². The molecule has 0 bridgehead atoms. The lowest BCUT2D eigenvalue weighted by molar-refractivity contribution is -0.00399. The van der Waals surface area contributed by atoms with Crippen LogP contribution in [0.5, 0.6) is 0 Å². The van der Waals surface area contributed by atoms with Crippen LogP contribution in [-0.2, 0) is 0 Å². The first-order valence-corrected chi connectivity index (χ1v) is 9.31. The second kappa shape index (κ2) is 5.66. The van der Waals surface area contributed by atoms with Crippen molar-refractivity contribution >= 4 is 28.2 Å². The Balaban J connectivity index is 1.78.